The second-order valence-electron chi connectivity index (χ2n) is 6.86. The van der Waals surface area contributed by atoms with Crippen LogP contribution in [0.15, 0.2) is 34.2 Å². The maximum Gasteiger partial charge on any atom is 0.328 e. The third kappa shape index (κ3) is 4.65. The van der Waals surface area contributed by atoms with Gasteiger partial charge in [-0.1, -0.05) is 31.9 Å². The van der Waals surface area contributed by atoms with Gasteiger partial charge in [0.1, 0.15) is 12.4 Å². The Morgan fingerprint density at radius 1 is 1.26 bits per heavy atom. The maximum atomic E-state index is 12.0. The fourth-order valence-electron chi connectivity index (χ4n) is 3.37. The number of aliphatic imine (C=N–C) groups is 1. The predicted molar refractivity (Wildman–Crippen MR) is 98.7 cm³/mol. The van der Waals surface area contributed by atoms with Crippen LogP contribution in [0, 0.1) is 5.92 Å². The Hall–Kier alpha value is -2.42. The summed E-state index contributed by atoms with van der Waals surface area (Å²) in [6.07, 6.45) is 4.29. The molecule has 1 heterocycles. The normalized spacial score (nSPS) is 24.7. The molecule has 3 rings (SSSR count). The van der Waals surface area contributed by atoms with Gasteiger partial charge in [-0.3, -0.25) is 19.3 Å². The first kappa shape index (κ1) is 19.3. The highest BCUT2D eigenvalue weighted by atomic mass is 32.2. The van der Waals surface area contributed by atoms with E-state index in [0.717, 1.165) is 19.3 Å². The lowest BCUT2D eigenvalue weighted by atomic mass is 9.86. The number of nitrogens with one attached hydrogen (secondary N) is 2. The van der Waals surface area contributed by atoms with Crippen molar-refractivity contribution in [2.75, 3.05) is 13.2 Å². The number of amidine groups is 1. The van der Waals surface area contributed by atoms with Crippen LogP contribution in [-0.4, -0.2) is 45.3 Å². The average Bonchev–Trinajstić information content (AvgIpc) is 2.91. The van der Waals surface area contributed by atoms with Gasteiger partial charge in [-0.15, -0.1) is 0 Å². The van der Waals surface area contributed by atoms with Crippen LogP contribution < -0.4 is 10.0 Å². The standard InChI is InChI=1S/C18H23N3O5S/c1-12-6-2-4-8-14(12)20-16(22)11-26-17(23)10-19-18-13-7-3-5-9-15(13)27(24,25)21-18/h3,5,7,9,12,14H,2,4,6,8,10-11H2,1H3,(H,19,21)(H,20,22)/t12-,14+/m0/s1. The van der Waals surface area contributed by atoms with Gasteiger partial charge >= 0.3 is 5.97 Å². The molecule has 9 heteroatoms. The number of nitrogens with zero attached hydrogens (tertiary/aromatic N) is 1. The number of amides is 1. The summed E-state index contributed by atoms with van der Waals surface area (Å²) < 4.78 is 31.2. The van der Waals surface area contributed by atoms with Crippen molar-refractivity contribution in [3.63, 3.8) is 0 Å². The molecule has 1 amide bonds. The fourth-order valence-corrected chi connectivity index (χ4v) is 4.62. The molecule has 146 valence electrons. The number of carbonyl (C=O) groups is 2. The van der Waals surface area contributed by atoms with Crippen molar-refractivity contribution < 1.29 is 22.7 Å². The van der Waals surface area contributed by atoms with Gasteiger partial charge in [0.05, 0.1) is 4.90 Å². The molecule has 2 atom stereocenters. The maximum absolute atomic E-state index is 12.0. The molecule has 2 N–H and O–H groups in total. The van der Waals surface area contributed by atoms with Crippen molar-refractivity contribution in [1.82, 2.24) is 10.0 Å². The second-order valence-corrected chi connectivity index (χ2v) is 8.51. The lowest BCUT2D eigenvalue weighted by molar-refractivity contribution is -0.147. The summed E-state index contributed by atoms with van der Waals surface area (Å²) in [4.78, 5) is 27.9. The molecule has 1 aromatic carbocycles. The first-order valence-corrected chi connectivity index (χ1v) is 10.5. The average molecular weight is 393 g/mol. The monoisotopic (exact) mass is 393 g/mol. The second kappa shape index (κ2) is 8.08. The van der Waals surface area contributed by atoms with Gasteiger partial charge in [0, 0.05) is 11.6 Å². The fraction of sp³-hybridized carbons (Fsp3) is 0.500. The van der Waals surface area contributed by atoms with E-state index in [4.69, 9.17) is 4.74 Å². The van der Waals surface area contributed by atoms with E-state index >= 15 is 0 Å². The lowest BCUT2D eigenvalue weighted by Crippen LogP contribution is -2.43. The van der Waals surface area contributed by atoms with Gasteiger partial charge < -0.3 is 10.1 Å². The number of hydrogen-bond donors (Lipinski definition) is 2. The van der Waals surface area contributed by atoms with Crippen LogP contribution in [0.3, 0.4) is 0 Å². The van der Waals surface area contributed by atoms with Crippen molar-refractivity contribution in [3.05, 3.63) is 29.8 Å². The van der Waals surface area contributed by atoms with E-state index in [0.29, 0.717) is 11.5 Å². The molecule has 1 saturated carbocycles. The zero-order valence-corrected chi connectivity index (χ0v) is 15.9. The number of rotatable bonds is 5. The molecule has 0 unspecified atom stereocenters. The zero-order valence-electron chi connectivity index (χ0n) is 15.1. The predicted octanol–water partition coefficient (Wildman–Crippen LogP) is 0.963. The van der Waals surface area contributed by atoms with Crippen molar-refractivity contribution in [3.8, 4) is 0 Å². The topological polar surface area (TPSA) is 114 Å². The zero-order chi connectivity index (χ0) is 19.4. The van der Waals surface area contributed by atoms with E-state index < -0.39 is 16.0 Å². The van der Waals surface area contributed by atoms with E-state index in [1.807, 2.05) is 0 Å². The molecule has 0 saturated heterocycles. The highest BCUT2D eigenvalue weighted by Crippen LogP contribution is 2.24. The quantitative estimate of drug-likeness (QED) is 0.724. The number of esters is 1. The molecule has 0 aromatic heterocycles. The van der Waals surface area contributed by atoms with Crippen LogP contribution in [0.2, 0.25) is 0 Å². The number of hydrogen-bond acceptors (Lipinski definition) is 6. The first-order chi connectivity index (χ1) is 12.9. The summed E-state index contributed by atoms with van der Waals surface area (Å²) in [5, 5.41) is 2.90. The lowest BCUT2D eigenvalue weighted by Gasteiger charge is -2.29. The van der Waals surface area contributed by atoms with Gasteiger partial charge in [-0.25, -0.2) is 8.42 Å². The molecule has 1 aliphatic carbocycles. The Bertz CT molecular complexity index is 866. The number of benzene rings is 1. The molecular formula is C18H23N3O5S. The Morgan fingerprint density at radius 3 is 2.78 bits per heavy atom. The van der Waals surface area contributed by atoms with Gasteiger partial charge in [0.25, 0.3) is 15.9 Å². The number of sulfonamides is 1. The van der Waals surface area contributed by atoms with E-state index in [1.165, 1.54) is 12.5 Å². The van der Waals surface area contributed by atoms with E-state index in [-0.39, 0.29) is 35.8 Å². The molecule has 1 fully saturated rings. The Balaban J connectivity index is 1.50. The third-order valence-electron chi connectivity index (χ3n) is 4.85. The summed E-state index contributed by atoms with van der Waals surface area (Å²) in [6.45, 7) is 1.36. The highest BCUT2D eigenvalue weighted by Gasteiger charge is 2.30. The van der Waals surface area contributed by atoms with Gasteiger partial charge in [-0.05, 0) is 30.9 Å². The van der Waals surface area contributed by atoms with Crippen LogP contribution in [0.25, 0.3) is 0 Å². The molecule has 0 radical (unpaired) electrons. The summed E-state index contributed by atoms with van der Waals surface area (Å²) in [6, 6.07) is 6.49. The van der Waals surface area contributed by atoms with Crippen LogP contribution in [0.5, 0.6) is 0 Å². The Kier molecular flexibility index (Phi) is 5.79. The minimum atomic E-state index is -3.65. The molecule has 1 aliphatic heterocycles. The van der Waals surface area contributed by atoms with Crippen LogP contribution >= 0.6 is 0 Å². The minimum absolute atomic E-state index is 0.100. The molecular weight excluding hydrogens is 370 g/mol. The Labute approximate surface area is 158 Å². The van der Waals surface area contributed by atoms with Crippen molar-refractivity contribution in [1.29, 1.82) is 0 Å². The smallest absolute Gasteiger partial charge is 0.328 e. The van der Waals surface area contributed by atoms with Crippen molar-refractivity contribution >= 4 is 27.7 Å². The van der Waals surface area contributed by atoms with Crippen LogP contribution in [0.4, 0.5) is 0 Å². The number of fused-ring (bicyclic) bond motifs is 1. The highest BCUT2D eigenvalue weighted by molar-refractivity contribution is 7.90. The molecule has 2 aliphatic rings. The van der Waals surface area contributed by atoms with Crippen LogP contribution in [0.1, 0.15) is 38.2 Å². The van der Waals surface area contributed by atoms with E-state index in [1.54, 1.807) is 18.2 Å². The third-order valence-corrected chi connectivity index (χ3v) is 6.25. The Morgan fingerprint density at radius 2 is 2.00 bits per heavy atom. The molecule has 0 spiro atoms. The van der Waals surface area contributed by atoms with Crippen LogP contribution in [-0.2, 0) is 24.3 Å². The van der Waals surface area contributed by atoms with Crippen molar-refractivity contribution in [2.24, 2.45) is 10.9 Å². The van der Waals surface area contributed by atoms with Crippen molar-refractivity contribution in [2.45, 2.75) is 43.5 Å². The molecule has 1 aromatic rings. The number of ether oxygens (including phenoxy) is 1. The van der Waals surface area contributed by atoms with Gasteiger partial charge in [0.2, 0.25) is 0 Å². The summed E-state index contributed by atoms with van der Waals surface area (Å²) in [7, 11) is -3.65. The summed E-state index contributed by atoms with van der Waals surface area (Å²) in [5.41, 5.74) is 0.411. The minimum Gasteiger partial charge on any atom is -0.454 e. The SMILES string of the molecule is C[C@H]1CCCC[C@H]1NC(=O)COC(=O)CN=C1NS(=O)(=O)c2ccccc21. The largest absolute Gasteiger partial charge is 0.454 e. The summed E-state index contributed by atoms with van der Waals surface area (Å²) >= 11 is 0. The molecule has 0 bridgehead atoms. The van der Waals surface area contributed by atoms with E-state index in [9.17, 15) is 18.0 Å². The first-order valence-electron chi connectivity index (χ1n) is 8.98. The van der Waals surface area contributed by atoms with E-state index in [2.05, 4.69) is 22.0 Å². The summed E-state index contributed by atoms with van der Waals surface area (Å²) in [5.74, 6) is -0.511. The molecule has 8 nitrogen and oxygen atoms in total. The molecule has 27 heavy (non-hydrogen) atoms. The van der Waals surface area contributed by atoms with Gasteiger partial charge in [0.15, 0.2) is 6.61 Å². The van der Waals surface area contributed by atoms with Gasteiger partial charge in [-0.2, -0.15) is 0 Å². The number of carbonyl (C=O) groups excluding carboxylic acids is 2.